The van der Waals surface area contributed by atoms with Crippen LogP contribution in [-0.4, -0.2) is 19.0 Å². The number of anilines is 1. The van der Waals surface area contributed by atoms with E-state index in [0.717, 1.165) is 46.7 Å². The summed E-state index contributed by atoms with van der Waals surface area (Å²) < 4.78 is 12.2. The zero-order chi connectivity index (χ0) is 18.5. The Morgan fingerprint density at radius 1 is 0.963 bits per heavy atom. The number of carbonyl (C=O) groups is 1. The van der Waals surface area contributed by atoms with Crippen LogP contribution >= 0.6 is 0 Å². The lowest BCUT2D eigenvalue weighted by Crippen LogP contribution is -2.50. The Morgan fingerprint density at radius 2 is 1.67 bits per heavy atom. The second-order valence-corrected chi connectivity index (χ2v) is 9.03. The number of hydrogen-bond donors (Lipinski definition) is 1. The van der Waals surface area contributed by atoms with Gasteiger partial charge in [0.25, 0.3) is 0 Å². The summed E-state index contributed by atoms with van der Waals surface area (Å²) in [6, 6.07) is 6.03. The molecule has 4 nitrogen and oxygen atoms in total. The van der Waals surface area contributed by atoms with E-state index in [4.69, 9.17) is 9.47 Å². The van der Waals surface area contributed by atoms with E-state index in [2.05, 4.69) is 5.32 Å². The monoisotopic (exact) mass is 367 g/mol. The predicted molar refractivity (Wildman–Crippen MR) is 105 cm³/mol. The fraction of sp³-hybridized carbons (Fsp3) is 0.609. The summed E-state index contributed by atoms with van der Waals surface area (Å²) in [5.74, 6) is 5.18. The van der Waals surface area contributed by atoms with Gasteiger partial charge in [0.1, 0.15) is 6.10 Å². The van der Waals surface area contributed by atoms with Crippen LogP contribution in [0.4, 0.5) is 5.69 Å². The van der Waals surface area contributed by atoms with Crippen molar-refractivity contribution in [2.75, 3.05) is 12.4 Å². The fourth-order valence-corrected chi connectivity index (χ4v) is 6.17. The summed E-state index contributed by atoms with van der Waals surface area (Å²) in [5.41, 5.74) is 2.86. The summed E-state index contributed by atoms with van der Waals surface area (Å²) in [5, 5.41) is 3.44. The molecule has 27 heavy (non-hydrogen) atoms. The van der Waals surface area contributed by atoms with E-state index in [-0.39, 0.29) is 5.78 Å². The number of ether oxygens (including phenoxy) is 2. The number of ketones is 1. The highest BCUT2D eigenvalue weighted by Gasteiger charge is 2.49. The van der Waals surface area contributed by atoms with Gasteiger partial charge >= 0.3 is 0 Å². The van der Waals surface area contributed by atoms with Crippen molar-refractivity contribution in [2.45, 2.75) is 58.0 Å². The summed E-state index contributed by atoms with van der Waals surface area (Å²) in [7, 11) is 1.70. The van der Waals surface area contributed by atoms with Crippen molar-refractivity contribution in [3.8, 4) is 11.5 Å². The second-order valence-electron chi connectivity index (χ2n) is 9.03. The number of methoxy groups -OCH3 is 1. The average Bonchev–Trinajstić information content (AvgIpc) is 2.96. The van der Waals surface area contributed by atoms with Gasteiger partial charge in [0.15, 0.2) is 17.3 Å². The van der Waals surface area contributed by atoms with Crippen LogP contribution in [0.5, 0.6) is 11.5 Å². The highest BCUT2D eigenvalue weighted by molar-refractivity contribution is 5.98. The molecule has 4 bridgehead atoms. The molecule has 4 fully saturated rings. The van der Waals surface area contributed by atoms with Crippen LogP contribution in [0.15, 0.2) is 29.5 Å². The highest BCUT2D eigenvalue weighted by Crippen LogP contribution is 2.55. The first kappa shape index (κ1) is 17.2. The molecule has 6 rings (SSSR count). The van der Waals surface area contributed by atoms with Crippen LogP contribution in [0.1, 0.15) is 51.9 Å². The molecule has 1 aromatic carbocycles. The Kier molecular flexibility index (Phi) is 4.18. The molecule has 4 saturated carbocycles. The Bertz CT molecular complexity index is 769. The topological polar surface area (TPSA) is 47.6 Å². The molecule has 5 aliphatic carbocycles. The summed E-state index contributed by atoms with van der Waals surface area (Å²) in [6.45, 7) is 1.91. The predicted octanol–water partition coefficient (Wildman–Crippen LogP) is 4.95. The molecule has 0 amide bonds. The molecule has 1 N–H and O–H groups in total. The summed E-state index contributed by atoms with van der Waals surface area (Å²) >= 11 is 0. The molecule has 0 aromatic heterocycles. The van der Waals surface area contributed by atoms with Gasteiger partial charge in [-0.25, -0.2) is 0 Å². The van der Waals surface area contributed by atoms with Gasteiger partial charge in [-0.3, -0.25) is 4.79 Å². The Morgan fingerprint density at radius 3 is 2.26 bits per heavy atom. The quantitative estimate of drug-likeness (QED) is 0.800. The van der Waals surface area contributed by atoms with Crippen molar-refractivity contribution in [1.82, 2.24) is 0 Å². The van der Waals surface area contributed by atoms with Gasteiger partial charge in [0.05, 0.1) is 7.11 Å². The van der Waals surface area contributed by atoms with E-state index in [1.807, 2.05) is 25.1 Å². The Labute approximate surface area is 161 Å². The molecule has 0 radical (unpaired) electrons. The van der Waals surface area contributed by atoms with Gasteiger partial charge in [0, 0.05) is 29.4 Å². The maximum absolute atomic E-state index is 11.8. The molecule has 4 heteroatoms. The first-order chi connectivity index (χ1) is 13.1. The smallest absolute Gasteiger partial charge is 0.163 e. The Balaban J connectivity index is 1.38. The second kappa shape index (κ2) is 6.57. The number of benzene rings is 1. The SMILES string of the molecule is COc1ccc(NC2=C(C)C(=O)CC2)cc1OC1C2CC3CC(C2)CC1C3. The number of rotatable bonds is 5. The molecule has 5 aliphatic rings. The first-order valence-electron chi connectivity index (χ1n) is 10.5. The molecular weight excluding hydrogens is 338 g/mol. The van der Waals surface area contributed by atoms with Crippen molar-refractivity contribution in [2.24, 2.45) is 23.7 Å². The van der Waals surface area contributed by atoms with Gasteiger partial charge in [0.2, 0.25) is 0 Å². The van der Waals surface area contributed by atoms with E-state index in [0.29, 0.717) is 24.4 Å². The van der Waals surface area contributed by atoms with Gasteiger partial charge < -0.3 is 14.8 Å². The van der Waals surface area contributed by atoms with Gasteiger partial charge in [-0.2, -0.15) is 0 Å². The van der Waals surface area contributed by atoms with Gasteiger partial charge in [-0.15, -0.1) is 0 Å². The third-order valence-corrected chi connectivity index (χ3v) is 7.34. The van der Waals surface area contributed by atoms with E-state index >= 15 is 0 Å². The maximum Gasteiger partial charge on any atom is 0.163 e. The number of nitrogens with one attached hydrogen (secondary N) is 1. The van der Waals surface area contributed by atoms with Crippen LogP contribution in [0.2, 0.25) is 0 Å². The lowest BCUT2D eigenvalue weighted by atomic mass is 9.55. The summed E-state index contributed by atoms with van der Waals surface area (Å²) in [6.07, 6.45) is 8.55. The van der Waals surface area contributed by atoms with Crippen molar-refractivity contribution in [3.63, 3.8) is 0 Å². The van der Waals surface area contributed by atoms with Gasteiger partial charge in [-0.05, 0) is 81.3 Å². The largest absolute Gasteiger partial charge is 0.493 e. The first-order valence-corrected chi connectivity index (χ1v) is 10.5. The zero-order valence-corrected chi connectivity index (χ0v) is 16.3. The van der Waals surface area contributed by atoms with Crippen molar-refractivity contribution in [3.05, 3.63) is 29.5 Å². The van der Waals surface area contributed by atoms with E-state index in [1.165, 1.54) is 32.1 Å². The fourth-order valence-electron chi connectivity index (χ4n) is 6.17. The van der Waals surface area contributed by atoms with Crippen LogP contribution in [0.25, 0.3) is 0 Å². The van der Waals surface area contributed by atoms with Gasteiger partial charge in [-0.1, -0.05) is 0 Å². The molecule has 0 atom stereocenters. The molecule has 0 heterocycles. The number of hydrogen-bond acceptors (Lipinski definition) is 4. The molecule has 0 aliphatic heterocycles. The van der Waals surface area contributed by atoms with Crippen molar-refractivity contribution < 1.29 is 14.3 Å². The maximum atomic E-state index is 11.8. The molecular formula is C23H29NO3. The third-order valence-electron chi connectivity index (χ3n) is 7.34. The van der Waals surface area contributed by atoms with Crippen LogP contribution in [0.3, 0.4) is 0 Å². The van der Waals surface area contributed by atoms with Crippen molar-refractivity contribution in [1.29, 1.82) is 0 Å². The molecule has 0 spiro atoms. The molecule has 144 valence electrons. The standard InChI is InChI=1S/C23H29NO3/c1-13-19(4-5-20(13)25)24-18-3-6-21(26-2)22(12-18)27-23-16-8-14-7-15(10-16)11-17(23)9-14/h3,6,12,14-17,23-24H,4-5,7-11H2,1-2H3. The normalized spacial score (nSPS) is 34.3. The molecule has 0 saturated heterocycles. The minimum absolute atomic E-state index is 0.246. The lowest BCUT2D eigenvalue weighted by molar-refractivity contribution is -0.114. The number of Topliss-reactive ketones (excluding diaryl/α,β-unsaturated/α-hetero) is 1. The van der Waals surface area contributed by atoms with Crippen LogP contribution in [-0.2, 0) is 4.79 Å². The highest BCUT2D eigenvalue weighted by atomic mass is 16.5. The zero-order valence-electron chi connectivity index (χ0n) is 16.3. The molecule has 0 unspecified atom stereocenters. The Hall–Kier alpha value is -1.97. The van der Waals surface area contributed by atoms with E-state index in [1.54, 1.807) is 7.11 Å². The average molecular weight is 367 g/mol. The number of carbonyl (C=O) groups excluding carboxylic acids is 1. The van der Waals surface area contributed by atoms with E-state index in [9.17, 15) is 4.79 Å². The van der Waals surface area contributed by atoms with Crippen LogP contribution in [0, 0.1) is 23.7 Å². The minimum atomic E-state index is 0.246. The summed E-state index contributed by atoms with van der Waals surface area (Å²) in [4.78, 5) is 11.8. The number of allylic oxidation sites excluding steroid dienone is 2. The third kappa shape index (κ3) is 3.03. The van der Waals surface area contributed by atoms with Crippen LogP contribution < -0.4 is 14.8 Å². The van der Waals surface area contributed by atoms with Crippen molar-refractivity contribution >= 4 is 11.5 Å². The molecule has 1 aromatic rings. The lowest BCUT2D eigenvalue weighted by Gasteiger charge is -2.53. The van der Waals surface area contributed by atoms with E-state index < -0.39 is 0 Å². The minimum Gasteiger partial charge on any atom is -0.493 e.